The molecule has 1 amide bonds. The summed E-state index contributed by atoms with van der Waals surface area (Å²) in [5.41, 5.74) is 1.83. The quantitative estimate of drug-likeness (QED) is 0.634. The molecule has 0 aliphatic heterocycles. The molecule has 0 radical (unpaired) electrons. The molecule has 3 rings (SSSR count). The number of rotatable bonds is 5. The normalized spacial score (nSPS) is 10.7. The van der Waals surface area contributed by atoms with Crippen LogP contribution in [0.25, 0.3) is 11.4 Å². The zero-order chi connectivity index (χ0) is 17.8. The highest BCUT2D eigenvalue weighted by molar-refractivity contribution is 9.10. The Morgan fingerprint density at radius 2 is 1.92 bits per heavy atom. The number of aromatic nitrogens is 4. The Bertz CT molecular complexity index is 881. The lowest BCUT2D eigenvalue weighted by Crippen LogP contribution is -2.30. The van der Waals surface area contributed by atoms with Crippen molar-refractivity contribution < 1.29 is 4.79 Å². The molecule has 0 spiro atoms. The third-order valence-corrected chi connectivity index (χ3v) is 4.65. The summed E-state index contributed by atoms with van der Waals surface area (Å²) in [6.07, 6.45) is 0. The second kappa shape index (κ2) is 7.76. The molecule has 6 nitrogen and oxygen atoms in total. The van der Waals surface area contributed by atoms with E-state index in [0.29, 0.717) is 17.4 Å². The van der Waals surface area contributed by atoms with Gasteiger partial charge in [-0.15, -0.1) is 10.2 Å². The maximum absolute atomic E-state index is 12.4. The molecule has 2 aromatic carbocycles. The predicted octanol–water partition coefficient (Wildman–Crippen LogP) is 3.41. The van der Waals surface area contributed by atoms with E-state index in [1.165, 1.54) is 4.80 Å². The van der Waals surface area contributed by atoms with Gasteiger partial charge >= 0.3 is 0 Å². The topological polar surface area (TPSA) is 63.9 Å². The van der Waals surface area contributed by atoms with Crippen molar-refractivity contribution in [3.8, 4) is 11.4 Å². The minimum atomic E-state index is -0.101. The van der Waals surface area contributed by atoms with Crippen molar-refractivity contribution >= 4 is 33.4 Å². The molecule has 0 aliphatic carbocycles. The Kier molecular flexibility index (Phi) is 5.45. The van der Waals surface area contributed by atoms with Crippen LogP contribution < -0.4 is 0 Å². The highest BCUT2D eigenvalue weighted by atomic mass is 79.9. The summed E-state index contributed by atoms with van der Waals surface area (Å²) >= 11 is 9.36. The number of likely N-dealkylation sites (N-methyl/N-ethyl adjacent to an activating group) is 1. The van der Waals surface area contributed by atoms with E-state index in [-0.39, 0.29) is 12.5 Å². The number of benzene rings is 2. The van der Waals surface area contributed by atoms with E-state index in [9.17, 15) is 4.79 Å². The van der Waals surface area contributed by atoms with E-state index in [2.05, 4.69) is 31.3 Å². The number of carbonyl (C=O) groups excluding carboxylic acids is 1. The van der Waals surface area contributed by atoms with Crippen LogP contribution in [0.3, 0.4) is 0 Å². The molecule has 0 unspecified atom stereocenters. The third-order valence-electron chi connectivity index (χ3n) is 3.62. The summed E-state index contributed by atoms with van der Waals surface area (Å²) in [6.45, 7) is 0.528. The van der Waals surface area contributed by atoms with Crippen LogP contribution in [0.5, 0.6) is 0 Å². The lowest BCUT2D eigenvalue weighted by Gasteiger charge is -2.17. The fraction of sp³-hybridized carbons (Fsp3) is 0.176. The molecule has 8 heteroatoms. The fourth-order valence-corrected chi connectivity index (χ4v) is 2.77. The third kappa shape index (κ3) is 4.43. The number of nitrogens with zero attached hydrogens (tertiary/aromatic N) is 5. The zero-order valence-corrected chi connectivity index (χ0v) is 15.8. The first kappa shape index (κ1) is 17.6. The summed E-state index contributed by atoms with van der Waals surface area (Å²) in [5.74, 6) is 0.355. The fourth-order valence-electron chi connectivity index (χ4n) is 2.24. The van der Waals surface area contributed by atoms with E-state index < -0.39 is 0 Å². The van der Waals surface area contributed by atoms with Crippen LogP contribution in [0.2, 0.25) is 5.02 Å². The molecule has 0 atom stereocenters. The summed E-state index contributed by atoms with van der Waals surface area (Å²) in [5, 5.41) is 12.8. The van der Waals surface area contributed by atoms with Crippen LogP contribution in [0, 0.1) is 0 Å². The van der Waals surface area contributed by atoms with Crippen LogP contribution >= 0.6 is 27.5 Å². The Balaban J connectivity index is 1.65. The summed E-state index contributed by atoms with van der Waals surface area (Å²) in [6, 6.07) is 14.9. The molecular formula is C17H15BrClN5O. The van der Waals surface area contributed by atoms with Gasteiger partial charge in [0.25, 0.3) is 0 Å². The average Bonchev–Trinajstić information content (AvgIpc) is 3.06. The first-order valence-electron chi connectivity index (χ1n) is 7.54. The maximum atomic E-state index is 12.4. The second-order valence-electron chi connectivity index (χ2n) is 5.49. The smallest absolute Gasteiger partial charge is 0.246 e. The zero-order valence-electron chi connectivity index (χ0n) is 13.4. The van der Waals surface area contributed by atoms with Crippen LogP contribution in [-0.4, -0.2) is 38.1 Å². The molecule has 0 N–H and O–H groups in total. The minimum Gasteiger partial charge on any atom is -0.340 e. The van der Waals surface area contributed by atoms with E-state index in [4.69, 9.17) is 11.6 Å². The van der Waals surface area contributed by atoms with Crippen molar-refractivity contribution in [2.45, 2.75) is 13.1 Å². The summed E-state index contributed by atoms with van der Waals surface area (Å²) < 4.78 is 0.971. The Morgan fingerprint density at radius 3 is 2.64 bits per heavy atom. The highest BCUT2D eigenvalue weighted by Crippen LogP contribution is 2.18. The molecule has 1 heterocycles. The second-order valence-corrected chi connectivity index (χ2v) is 6.78. The van der Waals surface area contributed by atoms with E-state index >= 15 is 0 Å². The average molecular weight is 421 g/mol. The summed E-state index contributed by atoms with van der Waals surface area (Å²) in [7, 11) is 1.75. The molecule has 128 valence electrons. The van der Waals surface area contributed by atoms with Gasteiger partial charge in [0.1, 0.15) is 6.54 Å². The standard InChI is InChI=1S/C17H15BrClN5O/c1-23(10-13-4-2-3-5-15(13)18)16(25)11-24-21-17(20-22-24)12-6-8-14(19)9-7-12/h2-9H,10-11H2,1H3. The first-order chi connectivity index (χ1) is 12.0. The van der Waals surface area contributed by atoms with Crippen molar-refractivity contribution in [3.63, 3.8) is 0 Å². The van der Waals surface area contributed by atoms with Crippen LogP contribution in [0.4, 0.5) is 0 Å². The van der Waals surface area contributed by atoms with Gasteiger partial charge in [-0.1, -0.05) is 45.7 Å². The van der Waals surface area contributed by atoms with Gasteiger partial charge in [-0.3, -0.25) is 4.79 Å². The van der Waals surface area contributed by atoms with Crippen molar-refractivity contribution in [2.24, 2.45) is 0 Å². The van der Waals surface area contributed by atoms with Gasteiger partial charge < -0.3 is 4.90 Å². The molecule has 0 saturated heterocycles. The molecule has 1 aromatic heterocycles. The first-order valence-corrected chi connectivity index (χ1v) is 8.71. The van der Waals surface area contributed by atoms with E-state index in [1.54, 1.807) is 24.1 Å². The number of amides is 1. The van der Waals surface area contributed by atoms with Gasteiger partial charge in [-0.2, -0.15) is 4.80 Å². The molecule has 25 heavy (non-hydrogen) atoms. The van der Waals surface area contributed by atoms with Crippen molar-refractivity contribution in [2.75, 3.05) is 7.05 Å². The molecule has 0 bridgehead atoms. The SMILES string of the molecule is CN(Cc1ccccc1Br)C(=O)Cn1nnc(-c2ccc(Cl)cc2)n1. The van der Waals surface area contributed by atoms with Gasteiger partial charge in [0.15, 0.2) is 0 Å². The Morgan fingerprint density at radius 1 is 1.20 bits per heavy atom. The number of tetrazole rings is 1. The van der Waals surface area contributed by atoms with Gasteiger partial charge in [0.05, 0.1) is 0 Å². The Hall–Kier alpha value is -2.25. The molecule has 0 saturated carbocycles. The maximum Gasteiger partial charge on any atom is 0.246 e. The molecule has 0 aliphatic rings. The molecule has 3 aromatic rings. The van der Waals surface area contributed by atoms with E-state index in [1.807, 2.05) is 36.4 Å². The van der Waals surface area contributed by atoms with E-state index in [0.717, 1.165) is 15.6 Å². The predicted molar refractivity (Wildman–Crippen MR) is 98.9 cm³/mol. The van der Waals surface area contributed by atoms with Crippen molar-refractivity contribution in [1.29, 1.82) is 0 Å². The van der Waals surface area contributed by atoms with Crippen molar-refractivity contribution in [1.82, 2.24) is 25.1 Å². The van der Waals surface area contributed by atoms with Crippen molar-refractivity contribution in [3.05, 3.63) is 63.6 Å². The van der Waals surface area contributed by atoms with Crippen LogP contribution in [-0.2, 0) is 17.9 Å². The lowest BCUT2D eigenvalue weighted by atomic mass is 10.2. The Labute approximate surface area is 158 Å². The number of carbonyl (C=O) groups is 1. The van der Waals surface area contributed by atoms with Gasteiger partial charge in [0.2, 0.25) is 11.7 Å². The lowest BCUT2D eigenvalue weighted by molar-refractivity contribution is -0.131. The van der Waals surface area contributed by atoms with Gasteiger partial charge in [0, 0.05) is 28.7 Å². The highest BCUT2D eigenvalue weighted by Gasteiger charge is 2.14. The largest absolute Gasteiger partial charge is 0.340 e. The molecule has 0 fully saturated rings. The summed E-state index contributed by atoms with van der Waals surface area (Å²) in [4.78, 5) is 15.3. The number of hydrogen-bond donors (Lipinski definition) is 0. The number of hydrogen-bond acceptors (Lipinski definition) is 4. The van der Waals surface area contributed by atoms with Gasteiger partial charge in [-0.05, 0) is 41.1 Å². The number of halogens is 2. The van der Waals surface area contributed by atoms with Crippen LogP contribution in [0.1, 0.15) is 5.56 Å². The molecular weight excluding hydrogens is 406 g/mol. The van der Waals surface area contributed by atoms with Crippen LogP contribution in [0.15, 0.2) is 53.0 Å². The minimum absolute atomic E-state index is 0.0293. The van der Waals surface area contributed by atoms with Gasteiger partial charge in [-0.25, -0.2) is 0 Å². The monoisotopic (exact) mass is 419 g/mol.